The molecule has 2 heterocycles. The first kappa shape index (κ1) is 18.7. The van der Waals surface area contributed by atoms with Crippen molar-refractivity contribution in [2.24, 2.45) is 0 Å². The SMILES string of the molecule is COc1cc(-c2coc3cc4c(c(O)c3c2=O)C=CC(C)(C)O4)cc(OC)c1O. The van der Waals surface area contributed by atoms with E-state index in [-0.39, 0.29) is 39.5 Å². The van der Waals surface area contributed by atoms with Crippen molar-refractivity contribution in [1.82, 2.24) is 0 Å². The highest BCUT2D eigenvalue weighted by atomic mass is 16.5. The van der Waals surface area contributed by atoms with Crippen LogP contribution >= 0.6 is 0 Å². The van der Waals surface area contributed by atoms with Gasteiger partial charge in [-0.3, -0.25) is 4.79 Å². The van der Waals surface area contributed by atoms with Crippen LogP contribution in [0, 0.1) is 0 Å². The zero-order valence-corrected chi connectivity index (χ0v) is 16.4. The van der Waals surface area contributed by atoms with E-state index in [1.54, 1.807) is 12.1 Å². The molecule has 0 aliphatic carbocycles. The largest absolute Gasteiger partial charge is 0.506 e. The van der Waals surface area contributed by atoms with Crippen molar-refractivity contribution in [3.63, 3.8) is 0 Å². The van der Waals surface area contributed by atoms with E-state index in [4.69, 9.17) is 18.6 Å². The van der Waals surface area contributed by atoms with Gasteiger partial charge in [0, 0.05) is 6.07 Å². The Morgan fingerprint density at radius 3 is 2.28 bits per heavy atom. The monoisotopic (exact) mass is 396 g/mol. The maximum atomic E-state index is 13.2. The smallest absolute Gasteiger partial charge is 0.204 e. The molecule has 29 heavy (non-hydrogen) atoms. The lowest BCUT2D eigenvalue weighted by atomic mass is 9.98. The predicted molar refractivity (Wildman–Crippen MR) is 108 cm³/mol. The van der Waals surface area contributed by atoms with E-state index in [0.29, 0.717) is 16.9 Å². The highest BCUT2D eigenvalue weighted by molar-refractivity contribution is 5.93. The third kappa shape index (κ3) is 2.95. The van der Waals surface area contributed by atoms with Crippen molar-refractivity contribution in [1.29, 1.82) is 0 Å². The molecule has 2 N–H and O–H groups in total. The summed E-state index contributed by atoms with van der Waals surface area (Å²) >= 11 is 0. The topological polar surface area (TPSA) is 98.4 Å². The van der Waals surface area contributed by atoms with Crippen molar-refractivity contribution in [3.8, 4) is 39.9 Å². The average Bonchev–Trinajstić information content (AvgIpc) is 2.67. The summed E-state index contributed by atoms with van der Waals surface area (Å²) in [5.41, 5.74) is 0.259. The van der Waals surface area contributed by atoms with Crippen LogP contribution in [0.2, 0.25) is 0 Å². The number of phenolic OH excluding ortho intramolecular Hbond substituents is 2. The highest BCUT2D eigenvalue weighted by Gasteiger charge is 2.27. The summed E-state index contributed by atoms with van der Waals surface area (Å²) < 4.78 is 21.8. The van der Waals surface area contributed by atoms with E-state index in [0.717, 1.165) is 0 Å². The first-order valence-corrected chi connectivity index (χ1v) is 8.91. The lowest BCUT2D eigenvalue weighted by molar-refractivity contribution is 0.158. The summed E-state index contributed by atoms with van der Waals surface area (Å²) in [6, 6.07) is 4.59. The van der Waals surface area contributed by atoms with Crippen LogP contribution in [0.5, 0.6) is 28.7 Å². The lowest BCUT2D eigenvalue weighted by Gasteiger charge is -2.28. The number of phenols is 2. The van der Waals surface area contributed by atoms with Gasteiger partial charge in [0.1, 0.15) is 34.3 Å². The molecule has 7 heteroatoms. The number of hydrogen-bond donors (Lipinski definition) is 2. The van der Waals surface area contributed by atoms with Gasteiger partial charge in [-0.15, -0.1) is 0 Å². The normalized spacial score (nSPS) is 14.3. The number of hydrogen-bond acceptors (Lipinski definition) is 7. The molecule has 0 unspecified atom stereocenters. The summed E-state index contributed by atoms with van der Waals surface area (Å²) in [4.78, 5) is 13.2. The van der Waals surface area contributed by atoms with Crippen molar-refractivity contribution < 1.29 is 28.8 Å². The number of benzene rings is 2. The van der Waals surface area contributed by atoms with Gasteiger partial charge in [-0.1, -0.05) is 0 Å². The van der Waals surface area contributed by atoms with Gasteiger partial charge in [-0.2, -0.15) is 0 Å². The van der Waals surface area contributed by atoms with Gasteiger partial charge in [0.05, 0.1) is 25.3 Å². The molecule has 0 fully saturated rings. The van der Waals surface area contributed by atoms with Crippen molar-refractivity contribution in [3.05, 3.63) is 46.3 Å². The number of fused-ring (bicyclic) bond motifs is 2. The summed E-state index contributed by atoms with van der Waals surface area (Å²) in [7, 11) is 2.79. The summed E-state index contributed by atoms with van der Waals surface area (Å²) in [6.07, 6.45) is 4.83. The second-order valence-electron chi connectivity index (χ2n) is 7.26. The van der Waals surface area contributed by atoms with Crippen molar-refractivity contribution >= 4 is 17.0 Å². The molecule has 7 nitrogen and oxygen atoms in total. The molecule has 3 aromatic rings. The Hall–Kier alpha value is -3.61. The number of aromatic hydroxyl groups is 2. The van der Waals surface area contributed by atoms with Crippen LogP contribution in [0.1, 0.15) is 19.4 Å². The van der Waals surface area contributed by atoms with Crippen LogP contribution in [0.3, 0.4) is 0 Å². The second-order valence-corrected chi connectivity index (χ2v) is 7.26. The summed E-state index contributed by atoms with van der Waals surface area (Å²) in [5.74, 6) is 0.342. The van der Waals surface area contributed by atoms with Gasteiger partial charge in [-0.05, 0) is 43.7 Å². The molecule has 0 saturated carbocycles. The van der Waals surface area contributed by atoms with E-state index in [1.165, 1.54) is 32.6 Å². The van der Waals surface area contributed by atoms with Gasteiger partial charge in [0.15, 0.2) is 11.5 Å². The second kappa shape index (κ2) is 6.48. The first-order valence-electron chi connectivity index (χ1n) is 8.91. The number of rotatable bonds is 3. The van der Waals surface area contributed by atoms with Gasteiger partial charge in [0.25, 0.3) is 0 Å². The van der Waals surface area contributed by atoms with Crippen molar-refractivity contribution in [2.45, 2.75) is 19.4 Å². The molecule has 0 radical (unpaired) electrons. The molecule has 0 spiro atoms. The molecule has 2 aromatic carbocycles. The van der Waals surface area contributed by atoms with Gasteiger partial charge in [0.2, 0.25) is 11.2 Å². The van der Waals surface area contributed by atoms with Crippen molar-refractivity contribution in [2.75, 3.05) is 14.2 Å². The van der Waals surface area contributed by atoms with Gasteiger partial charge < -0.3 is 28.8 Å². The fourth-order valence-corrected chi connectivity index (χ4v) is 3.36. The molecule has 0 amide bonds. The molecule has 0 atom stereocenters. The highest BCUT2D eigenvalue weighted by Crippen LogP contribution is 2.43. The Morgan fingerprint density at radius 1 is 1.00 bits per heavy atom. The lowest BCUT2D eigenvalue weighted by Crippen LogP contribution is -2.27. The van der Waals surface area contributed by atoms with E-state index < -0.39 is 11.0 Å². The van der Waals surface area contributed by atoms with Crippen LogP contribution in [0.25, 0.3) is 28.2 Å². The van der Waals surface area contributed by atoms with Crippen LogP contribution in [-0.4, -0.2) is 30.0 Å². The quantitative estimate of drug-likeness (QED) is 0.688. The molecule has 0 bridgehead atoms. The number of ether oxygens (including phenoxy) is 3. The molecule has 0 saturated heterocycles. The Labute approximate surface area is 166 Å². The van der Waals surface area contributed by atoms with Crippen LogP contribution in [0.15, 0.2) is 39.7 Å². The zero-order valence-electron chi connectivity index (χ0n) is 16.4. The Kier molecular flexibility index (Phi) is 4.19. The molecular formula is C22H20O7. The maximum Gasteiger partial charge on any atom is 0.204 e. The Bertz CT molecular complexity index is 1190. The fraction of sp³-hybridized carbons (Fsp3) is 0.227. The molecular weight excluding hydrogens is 376 g/mol. The molecule has 1 aromatic heterocycles. The maximum absolute atomic E-state index is 13.2. The number of methoxy groups -OCH3 is 2. The molecule has 1 aliphatic heterocycles. The Morgan fingerprint density at radius 2 is 1.66 bits per heavy atom. The third-order valence-electron chi connectivity index (χ3n) is 4.86. The first-order chi connectivity index (χ1) is 13.8. The molecule has 150 valence electrons. The van der Waals surface area contributed by atoms with Crippen LogP contribution in [0.4, 0.5) is 0 Å². The van der Waals surface area contributed by atoms with E-state index >= 15 is 0 Å². The molecule has 4 rings (SSSR count). The van der Waals surface area contributed by atoms with Crippen LogP contribution < -0.4 is 19.6 Å². The van der Waals surface area contributed by atoms with E-state index in [2.05, 4.69) is 0 Å². The minimum absolute atomic E-state index is 0.0419. The average molecular weight is 396 g/mol. The minimum atomic E-state index is -0.535. The standard InChI is InChI=1S/C22H20O7/c1-22(2)6-5-12-14(29-22)9-15-18(19(12)23)20(24)13(10-28-15)11-7-16(26-3)21(25)17(8-11)27-4/h5-10,23,25H,1-4H3. The van der Waals surface area contributed by atoms with Gasteiger partial charge >= 0.3 is 0 Å². The van der Waals surface area contributed by atoms with Crippen LogP contribution in [-0.2, 0) is 0 Å². The molecule has 1 aliphatic rings. The minimum Gasteiger partial charge on any atom is -0.506 e. The van der Waals surface area contributed by atoms with Gasteiger partial charge in [-0.25, -0.2) is 0 Å². The summed E-state index contributed by atoms with van der Waals surface area (Å²) in [6.45, 7) is 3.77. The fourth-order valence-electron chi connectivity index (χ4n) is 3.36. The Balaban J connectivity index is 1.97. The summed E-state index contributed by atoms with van der Waals surface area (Å²) in [5, 5.41) is 20.9. The predicted octanol–water partition coefficient (Wildman–Crippen LogP) is 4.07. The van der Waals surface area contributed by atoms with E-state index in [9.17, 15) is 15.0 Å². The third-order valence-corrected chi connectivity index (χ3v) is 4.86. The van der Waals surface area contributed by atoms with E-state index in [1.807, 2.05) is 19.9 Å². The zero-order chi connectivity index (χ0) is 20.9.